The number of carbonyl (C=O) groups excluding carboxylic acids is 1. The van der Waals surface area contributed by atoms with Gasteiger partial charge in [0.1, 0.15) is 10.6 Å². The van der Waals surface area contributed by atoms with Crippen LogP contribution in [0.5, 0.6) is 5.75 Å². The summed E-state index contributed by atoms with van der Waals surface area (Å²) in [5, 5.41) is 0.984. The molecule has 0 atom stereocenters. The summed E-state index contributed by atoms with van der Waals surface area (Å²) in [6, 6.07) is 5.67. The number of thiophene rings is 1. The molecule has 0 amide bonds. The van der Waals surface area contributed by atoms with Gasteiger partial charge in [0.15, 0.2) is 0 Å². The van der Waals surface area contributed by atoms with Crippen LogP contribution in [0, 0.1) is 0 Å². The smallest absolute Gasteiger partial charge is 0.348 e. The summed E-state index contributed by atoms with van der Waals surface area (Å²) >= 11 is 4.84. The zero-order chi connectivity index (χ0) is 12.4. The maximum absolute atomic E-state index is 11.6. The van der Waals surface area contributed by atoms with Crippen LogP contribution in [0.3, 0.4) is 0 Å². The molecule has 0 aliphatic heterocycles. The predicted molar refractivity (Wildman–Crippen MR) is 72.0 cm³/mol. The molecule has 3 nitrogen and oxygen atoms in total. The van der Waals surface area contributed by atoms with E-state index in [1.165, 1.54) is 11.3 Å². The van der Waals surface area contributed by atoms with Crippen molar-refractivity contribution in [1.82, 2.24) is 0 Å². The number of halogens is 1. The lowest BCUT2D eigenvalue weighted by Crippen LogP contribution is -2.01. The number of hydrogen-bond donors (Lipinski definition) is 0. The molecule has 0 N–H and O–H groups in total. The van der Waals surface area contributed by atoms with E-state index in [9.17, 15) is 4.79 Å². The molecule has 1 aromatic heterocycles. The Kier molecular flexibility index (Phi) is 3.69. The normalized spacial score (nSPS) is 10.5. The zero-order valence-electron chi connectivity index (χ0n) is 9.45. The van der Waals surface area contributed by atoms with Crippen molar-refractivity contribution in [3.05, 3.63) is 27.5 Å². The highest BCUT2D eigenvalue weighted by Crippen LogP contribution is 2.35. The number of ether oxygens (including phenoxy) is 2. The van der Waals surface area contributed by atoms with Crippen LogP contribution >= 0.6 is 27.3 Å². The molecule has 0 fully saturated rings. The van der Waals surface area contributed by atoms with Crippen LogP contribution in [0.15, 0.2) is 22.7 Å². The summed E-state index contributed by atoms with van der Waals surface area (Å²) in [4.78, 5) is 12.2. The topological polar surface area (TPSA) is 35.5 Å². The van der Waals surface area contributed by atoms with Gasteiger partial charge in [-0.15, -0.1) is 11.3 Å². The van der Waals surface area contributed by atoms with E-state index in [-0.39, 0.29) is 5.97 Å². The molecule has 0 bridgehead atoms. The second kappa shape index (κ2) is 5.06. The lowest BCUT2D eigenvalue weighted by atomic mass is 10.2. The Morgan fingerprint density at radius 2 is 2.18 bits per heavy atom. The molecule has 0 unspecified atom stereocenters. The Balaban J connectivity index is 2.47. The van der Waals surface area contributed by atoms with Crippen LogP contribution in [0.2, 0.25) is 0 Å². The van der Waals surface area contributed by atoms with E-state index in [0.29, 0.717) is 11.5 Å². The molecule has 5 heteroatoms. The van der Waals surface area contributed by atoms with Crippen LogP contribution in [0.4, 0.5) is 0 Å². The molecule has 0 aliphatic rings. The fourth-order valence-electron chi connectivity index (χ4n) is 1.50. The van der Waals surface area contributed by atoms with Crippen molar-refractivity contribution < 1.29 is 14.3 Å². The van der Waals surface area contributed by atoms with Gasteiger partial charge in [0.05, 0.1) is 18.2 Å². The van der Waals surface area contributed by atoms with Crippen molar-refractivity contribution in [1.29, 1.82) is 0 Å². The third-order valence-electron chi connectivity index (χ3n) is 2.27. The van der Waals surface area contributed by atoms with Gasteiger partial charge < -0.3 is 9.47 Å². The van der Waals surface area contributed by atoms with Crippen molar-refractivity contribution in [3.63, 3.8) is 0 Å². The highest BCUT2D eigenvalue weighted by atomic mass is 79.9. The first-order valence-corrected chi connectivity index (χ1v) is 6.71. The van der Waals surface area contributed by atoms with Gasteiger partial charge in [-0.25, -0.2) is 4.79 Å². The van der Waals surface area contributed by atoms with E-state index < -0.39 is 0 Å². The zero-order valence-corrected chi connectivity index (χ0v) is 11.9. The van der Waals surface area contributed by atoms with E-state index >= 15 is 0 Å². The minimum absolute atomic E-state index is 0.274. The second-order valence-electron chi connectivity index (χ2n) is 3.36. The number of rotatable bonds is 3. The molecular weight excluding hydrogens is 304 g/mol. The highest BCUT2D eigenvalue weighted by Gasteiger charge is 2.12. The van der Waals surface area contributed by atoms with Gasteiger partial charge in [0.2, 0.25) is 0 Å². The molecule has 0 aliphatic carbocycles. The van der Waals surface area contributed by atoms with Crippen molar-refractivity contribution in [2.45, 2.75) is 6.92 Å². The first-order valence-electron chi connectivity index (χ1n) is 5.10. The molecule has 1 heterocycles. The first-order chi connectivity index (χ1) is 8.15. The summed E-state index contributed by atoms with van der Waals surface area (Å²) < 4.78 is 12.1. The molecule has 0 radical (unpaired) electrons. The highest BCUT2D eigenvalue weighted by molar-refractivity contribution is 9.10. The van der Waals surface area contributed by atoms with Gasteiger partial charge in [0, 0.05) is 4.70 Å². The van der Waals surface area contributed by atoms with Gasteiger partial charge in [-0.05, 0) is 46.4 Å². The number of carbonyl (C=O) groups is 1. The maximum Gasteiger partial charge on any atom is 0.348 e. The summed E-state index contributed by atoms with van der Waals surface area (Å²) in [5.74, 6) is 0.481. The van der Waals surface area contributed by atoms with Gasteiger partial charge >= 0.3 is 5.97 Å². The van der Waals surface area contributed by atoms with Crippen molar-refractivity contribution in [3.8, 4) is 5.75 Å². The van der Waals surface area contributed by atoms with Crippen molar-refractivity contribution in [2.75, 3.05) is 13.7 Å². The first kappa shape index (κ1) is 12.4. The Morgan fingerprint density at radius 1 is 1.41 bits per heavy atom. The average molecular weight is 315 g/mol. The lowest BCUT2D eigenvalue weighted by Gasteiger charge is -2.01. The summed E-state index contributed by atoms with van der Waals surface area (Å²) in [5.41, 5.74) is 0. The minimum atomic E-state index is -0.274. The monoisotopic (exact) mass is 314 g/mol. The molecule has 90 valence electrons. The quantitative estimate of drug-likeness (QED) is 0.807. The fraction of sp³-hybridized carbons (Fsp3) is 0.250. The Bertz CT molecular complexity index is 562. The van der Waals surface area contributed by atoms with Crippen LogP contribution in [-0.2, 0) is 4.74 Å². The summed E-state index contributed by atoms with van der Waals surface area (Å²) in [7, 11) is 1.62. The summed E-state index contributed by atoms with van der Waals surface area (Å²) in [6.07, 6.45) is 0. The Hall–Kier alpha value is -1.07. The Labute approximate surface area is 111 Å². The number of methoxy groups -OCH3 is 1. The van der Waals surface area contributed by atoms with Crippen LogP contribution in [0.1, 0.15) is 16.6 Å². The van der Waals surface area contributed by atoms with E-state index in [2.05, 4.69) is 15.9 Å². The van der Waals surface area contributed by atoms with E-state index in [4.69, 9.17) is 9.47 Å². The van der Waals surface area contributed by atoms with Gasteiger partial charge in [-0.2, -0.15) is 0 Å². The Morgan fingerprint density at radius 3 is 2.82 bits per heavy atom. The van der Waals surface area contributed by atoms with Gasteiger partial charge in [-0.1, -0.05) is 0 Å². The largest absolute Gasteiger partial charge is 0.496 e. The fourth-order valence-corrected chi connectivity index (χ4v) is 3.13. The summed E-state index contributed by atoms with van der Waals surface area (Å²) in [6.45, 7) is 2.19. The molecule has 0 saturated heterocycles. The number of fused-ring (bicyclic) bond motifs is 1. The lowest BCUT2D eigenvalue weighted by molar-refractivity contribution is 0.0532. The molecule has 2 aromatic rings. The van der Waals surface area contributed by atoms with Gasteiger partial charge in [0.25, 0.3) is 0 Å². The van der Waals surface area contributed by atoms with Crippen molar-refractivity contribution in [2.24, 2.45) is 0 Å². The number of benzene rings is 1. The van der Waals surface area contributed by atoms with Crippen LogP contribution < -0.4 is 4.74 Å². The molecule has 1 aromatic carbocycles. The average Bonchev–Trinajstić information content (AvgIpc) is 2.71. The molecule has 0 saturated carbocycles. The van der Waals surface area contributed by atoms with Crippen molar-refractivity contribution >= 4 is 43.3 Å². The SMILES string of the molecule is CCOC(=O)c1cc2cc(OC)c(Br)cc2s1. The number of hydrogen-bond acceptors (Lipinski definition) is 4. The van der Waals surface area contributed by atoms with Gasteiger partial charge in [-0.3, -0.25) is 0 Å². The van der Waals surface area contributed by atoms with E-state index in [1.807, 2.05) is 18.2 Å². The predicted octanol–water partition coefficient (Wildman–Crippen LogP) is 3.85. The maximum atomic E-state index is 11.6. The third kappa shape index (κ3) is 2.45. The third-order valence-corrected chi connectivity index (χ3v) is 3.96. The van der Waals surface area contributed by atoms with E-state index in [1.54, 1.807) is 14.0 Å². The molecular formula is C12H11BrO3S. The van der Waals surface area contributed by atoms with Crippen LogP contribution in [0.25, 0.3) is 10.1 Å². The minimum Gasteiger partial charge on any atom is -0.496 e. The molecule has 0 spiro atoms. The van der Waals surface area contributed by atoms with Crippen LogP contribution in [-0.4, -0.2) is 19.7 Å². The van der Waals surface area contributed by atoms with E-state index in [0.717, 1.165) is 20.3 Å². The number of esters is 1. The standard InChI is InChI=1S/C12H11BrO3S/c1-3-16-12(14)11-5-7-4-9(15-2)8(13)6-10(7)17-11/h4-6H,3H2,1-2H3. The molecule has 2 rings (SSSR count). The second-order valence-corrected chi connectivity index (χ2v) is 5.29. The molecule has 17 heavy (non-hydrogen) atoms.